The van der Waals surface area contributed by atoms with Gasteiger partial charge in [0, 0.05) is 75.1 Å². The van der Waals surface area contributed by atoms with Gasteiger partial charge in [-0.05, 0) is 180 Å². The van der Waals surface area contributed by atoms with E-state index in [2.05, 4.69) is 189 Å². The Bertz CT molecular complexity index is 2640. The van der Waals surface area contributed by atoms with Crippen LogP contribution in [0.2, 0.25) is 0 Å². The second-order valence-electron chi connectivity index (χ2n) is 18.9. The Morgan fingerprint density at radius 2 is 0.522 bits per heavy atom. The Morgan fingerprint density at radius 1 is 0.275 bits per heavy atom. The van der Waals surface area contributed by atoms with Gasteiger partial charge in [0.25, 0.3) is 0 Å². The Kier molecular flexibility index (Phi) is 16.0. The molecule has 0 bridgehead atoms. The predicted octanol–water partition coefficient (Wildman–Crippen LogP) is 5.58. The summed E-state index contributed by atoms with van der Waals surface area (Å²) in [7, 11) is -1.94. The number of benzene rings is 8. The Balaban J connectivity index is 0.00000198. The zero-order valence-corrected chi connectivity index (χ0v) is 44.1. The van der Waals surface area contributed by atoms with Gasteiger partial charge in [0.2, 0.25) is 0 Å². The van der Waals surface area contributed by atoms with E-state index in [1.807, 2.05) is 0 Å². The van der Waals surface area contributed by atoms with Crippen LogP contribution >= 0.6 is 15.8 Å². The number of fused-ring (bicyclic) bond motifs is 2. The van der Waals surface area contributed by atoms with Crippen LogP contribution < -0.4 is 76.2 Å². The van der Waals surface area contributed by atoms with E-state index in [-0.39, 0.29) is 45.2 Å². The summed E-state index contributed by atoms with van der Waals surface area (Å²) in [5, 5.41) is 13.7. The van der Waals surface area contributed by atoms with Crippen molar-refractivity contribution < 1.29 is 45.2 Å². The molecule has 69 heavy (non-hydrogen) atoms. The minimum absolute atomic E-state index is 0. The normalized spacial score (nSPS) is 15.9. The summed E-state index contributed by atoms with van der Waals surface area (Å²) in [5.74, 6) is 0. The van der Waals surface area contributed by atoms with Crippen molar-refractivity contribution in [3.05, 3.63) is 170 Å². The van der Waals surface area contributed by atoms with E-state index in [9.17, 15) is 0 Å². The summed E-state index contributed by atoms with van der Waals surface area (Å²) in [4.78, 5) is 10.3. The predicted molar refractivity (Wildman–Crippen MR) is 290 cm³/mol. The van der Waals surface area contributed by atoms with Crippen LogP contribution in [0.25, 0.3) is 32.7 Å². The van der Waals surface area contributed by atoms with Crippen molar-refractivity contribution in [2.75, 3.05) is 72.0 Å². The van der Waals surface area contributed by atoms with Crippen molar-refractivity contribution >= 4 is 92.0 Å². The minimum atomic E-state index is -0.969. The van der Waals surface area contributed by atoms with Gasteiger partial charge in [0.1, 0.15) is 0 Å². The van der Waals surface area contributed by atoms with E-state index in [1.54, 1.807) is 0 Å². The molecule has 12 rings (SSSR count). The van der Waals surface area contributed by atoms with Gasteiger partial charge < -0.3 is 44.4 Å². The van der Waals surface area contributed by atoms with Gasteiger partial charge in [0.15, 0.2) is 0 Å². The van der Waals surface area contributed by atoms with Gasteiger partial charge in [0.05, 0.1) is 0 Å². The van der Waals surface area contributed by atoms with Gasteiger partial charge in [-0.3, -0.25) is 0 Å². The fraction of sp³-hybridized carbons (Fsp3) is 0.267. The zero-order chi connectivity index (χ0) is 43.8. The van der Waals surface area contributed by atoms with E-state index < -0.39 is 15.8 Å². The average Bonchev–Trinajstić information content (AvgIpc) is 4.25. The maximum absolute atomic E-state index is 2.57. The molecular weight excluding hydrogens is 1020 g/mol. The first-order valence-corrected chi connectivity index (χ1v) is 27.5. The number of hydrogen-bond acceptors (Lipinski definition) is 4. The van der Waals surface area contributed by atoms with Crippen LogP contribution in [0.15, 0.2) is 170 Å². The Morgan fingerprint density at radius 3 is 0.783 bits per heavy atom. The fourth-order valence-electron chi connectivity index (χ4n) is 11.4. The molecule has 9 heteroatoms. The molecule has 0 saturated carbocycles. The number of halogens is 2. The van der Waals surface area contributed by atoms with Crippen LogP contribution in [0.4, 0.5) is 22.7 Å². The zero-order valence-electron chi connectivity index (χ0n) is 39.2. The maximum atomic E-state index is 2.57. The van der Waals surface area contributed by atoms with Crippen molar-refractivity contribution in [2.45, 2.75) is 51.4 Å². The number of nitrogens with zero attached hydrogens (tertiary/aromatic N) is 4. The molecule has 354 valence electrons. The molecule has 0 N–H and O–H groups in total. The van der Waals surface area contributed by atoms with Gasteiger partial charge in [-0.1, -0.05) is 121 Å². The molecule has 4 fully saturated rings. The quantitative estimate of drug-likeness (QED) is 0.124. The van der Waals surface area contributed by atoms with E-state index in [1.165, 1.54) is 139 Å². The molecular formula is C60H60Cl2N4P2Pd. The summed E-state index contributed by atoms with van der Waals surface area (Å²) < 4.78 is 0. The molecule has 4 aliphatic rings. The molecule has 4 nitrogen and oxygen atoms in total. The van der Waals surface area contributed by atoms with Gasteiger partial charge in [-0.25, -0.2) is 0 Å². The van der Waals surface area contributed by atoms with E-state index >= 15 is 0 Å². The number of rotatable bonds is 11. The second kappa shape index (κ2) is 22.3. The topological polar surface area (TPSA) is 13.0 Å². The van der Waals surface area contributed by atoms with Crippen LogP contribution in [0.3, 0.4) is 0 Å². The summed E-state index contributed by atoms with van der Waals surface area (Å²) >= 11 is 0. The molecule has 0 atom stereocenters. The summed E-state index contributed by atoms with van der Waals surface area (Å²) in [6, 6.07) is 67.2. The van der Waals surface area contributed by atoms with Gasteiger partial charge in [-0.15, -0.1) is 0 Å². The second-order valence-corrected chi connectivity index (χ2v) is 23.2. The number of anilines is 4. The van der Waals surface area contributed by atoms with Crippen LogP contribution in [-0.4, -0.2) is 52.4 Å². The molecule has 0 aliphatic carbocycles. The third kappa shape index (κ3) is 9.96. The SMILES string of the molecule is [Cl-].[Cl-].[Pd+2].c1ccc2c(-c3c(P(c4ccc(N5CCCC5)cc4)c4ccc(N5CCCC5)cc4)ccc4ccccc34)c(P(c3ccc(N4CCCC4)cc3)c3ccc(N4CCCC4)cc3)ccc2c1. The largest absolute Gasteiger partial charge is 2.00 e. The van der Waals surface area contributed by atoms with Crippen LogP contribution in [-0.2, 0) is 20.4 Å². The monoisotopic (exact) mass is 1070 g/mol. The molecule has 4 aliphatic heterocycles. The van der Waals surface area contributed by atoms with Crippen molar-refractivity contribution in [1.82, 2.24) is 0 Å². The molecule has 0 unspecified atom stereocenters. The molecule has 4 saturated heterocycles. The average molecular weight is 1080 g/mol. The first-order valence-electron chi connectivity index (χ1n) is 24.8. The molecule has 8 aromatic carbocycles. The summed E-state index contributed by atoms with van der Waals surface area (Å²) in [6.07, 6.45) is 10.2. The molecule has 0 aromatic heterocycles. The molecule has 8 aromatic rings. The van der Waals surface area contributed by atoms with Crippen LogP contribution in [0, 0.1) is 0 Å². The molecule has 0 amide bonds. The van der Waals surface area contributed by atoms with Crippen molar-refractivity contribution in [3.63, 3.8) is 0 Å². The van der Waals surface area contributed by atoms with E-state index in [4.69, 9.17) is 0 Å². The Labute approximate surface area is 438 Å². The molecule has 4 heterocycles. The maximum Gasteiger partial charge on any atom is 2.00 e. The first kappa shape index (κ1) is 49.6. The van der Waals surface area contributed by atoms with Crippen LogP contribution in [0.5, 0.6) is 0 Å². The van der Waals surface area contributed by atoms with Crippen molar-refractivity contribution in [3.8, 4) is 11.1 Å². The summed E-state index contributed by atoms with van der Waals surface area (Å²) in [5.41, 5.74) is 8.16. The van der Waals surface area contributed by atoms with E-state index in [0.29, 0.717) is 0 Å². The number of hydrogen-bond donors (Lipinski definition) is 0. The third-order valence-corrected chi connectivity index (χ3v) is 19.8. The summed E-state index contributed by atoms with van der Waals surface area (Å²) in [6.45, 7) is 9.19. The first-order chi connectivity index (χ1) is 32.7. The van der Waals surface area contributed by atoms with Gasteiger partial charge >= 0.3 is 20.4 Å². The van der Waals surface area contributed by atoms with Crippen molar-refractivity contribution in [1.29, 1.82) is 0 Å². The van der Waals surface area contributed by atoms with Crippen LogP contribution in [0.1, 0.15) is 51.4 Å². The molecule has 0 radical (unpaired) electrons. The molecule has 0 spiro atoms. The standard InChI is InChI=1S/C60H60N4P2.2ClH.Pd/c1-3-15-55-45(13-1)17-35-57(65(51-27-19-47(20-28-51)61-37-5-6-38-61)52-29-21-48(22-30-52)62-39-7-8-40-62)59(55)60-56-16-4-2-14-46(56)18-36-58(60)66(53-31-23-49(24-32-53)63-41-9-10-42-63)54-33-25-50(26-34-54)64-43-11-12-44-64;;;/h1-4,13-36H,5-12,37-44H2;2*1H;/q;;;+2/p-2. The van der Waals surface area contributed by atoms with E-state index in [0.717, 1.165) is 52.4 Å². The Hall–Kier alpha value is -4.42. The smallest absolute Gasteiger partial charge is 1.00 e. The minimum Gasteiger partial charge on any atom is -1.00 e. The fourth-order valence-corrected chi connectivity index (χ4v) is 16.3. The van der Waals surface area contributed by atoms with Crippen molar-refractivity contribution in [2.24, 2.45) is 0 Å². The van der Waals surface area contributed by atoms with Gasteiger partial charge in [-0.2, -0.15) is 0 Å². The third-order valence-electron chi connectivity index (χ3n) is 14.9.